The summed E-state index contributed by atoms with van der Waals surface area (Å²) in [5, 5.41) is 0. The van der Waals surface area contributed by atoms with Crippen LogP contribution in [0.5, 0.6) is 5.75 Å². The van der Waals surface area contributed by atoms with E-state index in [0.29, 0.717) is 39.5 Å². The Morgan fingerprint density at radius 2 is 1.58 bits per heavy atom. The first-order chi connectivity index (χ1) is 19.9. The highest BCUT2D eigenvalue weighted by molar-refractivity contribution is 7.90. The van der Waals surface area contributed by atoms with Gasteiger partial charge in [0.2, 0.25) is 0 Å². The van der Waals surface area contributed by atoms with E-state index in [4.69, 9.17) is 4.74 Å². The van der Waals surface area contributed by atoms with Gasteiger partial charge in [-0.15, -0.1) is 0 Å². The zero-order valence-electron chi connectivity index (χ0n) is 23.7. The lowest BCUT2D eigenvalue weighted by atomic mass is 9.96. The molecule has 0 saturated carbocycles. The highest BCUT2D eigenvalue weighted by Gasteiger charge is 2.52. The van der Waals surface area contributed by atoms with E-state index in [0.717, 1.165) is 12.3 Å². The molecular weight excluding hydrogens is 592 g/mol. The van der Waals surface area contributed by atoms with Crippen molar-refractivity contribution in [3.8, 4) is 5.75 Å². The molecule has 1 aliphatic heterocycles. The number of nitrogens with zero attached hydrogens (tertiary/aromatic N) is 2. The number of carbonyl (C=O) groups excluding carboxylic acids is 3. The summed E-state index contributed by atoms with van der Waals surface area (Å²) in [4.78, 5) is 41.7. The Labute approximate surface area is 245 Å². The van der Waals surface area contributed by atoms with Crippen LogP contribution in [0.15, 0.2) is 65.6 Å². The van der Waals surface area contributed by atoms with Gasteiger partial charge in [0.25, 0.3) is 5.91 Å². The van der Waals surface area contributed by atoms with Gasteiger partial charge in [-0.25, -0.2) is 22.5 Å². The Balaban J connectivity index is 1.61. The smallest absolute Gasteiger partial charge is 0.419 e. The molecule has 3 aromatic carbocycles. The minimum atomic E-state index is -5.04. The standard InChI is InChI=1S/C30H28F4N2O6S/c1-29(2)27(38)36(21-8-12-26(31)25(16-21)30(32,33)34)28(39)35(29)17-19-7-9-23(42-3)15-20(19)14-22(37)13-18-5-10-24(11-6-18)43(4,40)41/h5-12,15-16H,13-14,17H2,1-4H3. The van der Waals surface area contributed by atoms with E-state index in [1.165, 1.54) is 38.0 Å². The Kier molecular flexibility index (Phi) is 8.42. The summed E-state index contributed by atoms with van der Waals surface area (Å²) in [6.07, 6.45) is -4.06. The van der Waals surface area contributed by atoms with Crippen LogP contribution in [0.2, 0.25) is 0 Å². The van der Waals surface area contributed by atoms with Crippen molar-refractivity contribution >= 4 is 33.2 Å². The minimum Gasteiger partial charge on any atom is -0.497 e. The van der Waals surface area contributed by atoms with Gasteiger partial charge in [0, 0.05) is 25.6 Å². The maximum atomic E-state index is 13.9. The van der Waals surface area contributed by atoms with Crippen molar-refractivity contribution in [3.63, 3.8) is 0 Å². The summed E-state index contributed by atoms with van der Waals surface area (Å²) in [6, 6.07) is 11.8. The number of carbonyl (C=O) groups is 3. The molecule has 0 spiro atoms. The second kappa shape index (κ2) is 11.4. The molecule has 1 saturated heterocycles. The van der Waals surface area contributed by atoms with Crippen molar-refractivity contribution in [2.45, 2.75) is 49.8 Å². The van der Waals surface area contributed by atoms with Crippen molar-refractivity contribution in [1.82, 2.24) is 4.90 Å². The Morgan fingerprint density at radius 1 is 0.930 bits per heavy atom. The number of imide groups is 1. The highest BCUT2D eigenvalue weighted by atomic mass is 32.2. The number of halogens is 4. The van der Waals surface area contributed by atoms with Crippen LogP contribution >= 0.6 is 0 Å². The van der Waals surface area contributed by atoms with E-state index in [2.05, 4.69) is 0 Å². The molecule has 0 unspecified atom stereocenters. The number of urea groups is 1. The molecule has 0 aromatic heterocycles. The van der Waals surface area contributed by atoms with Gasteiger partial charge in [0.05, 0.1) is 23.3 Å². The third-order valence-electron chi connectivity index (χ3n) is 7.22. The second-order valence-electron chi connectivity index (χ2n) is 10.7. The SMILES string of the molecule is COc1ccc(CN2C(=O)N(c3ccc(F)c(C(F)(F)F)c3)C(=O)C2(C)C)c(CC(=O)Cc2ccc(S(C)(=O)=O)cc2)c1. The summed E-state index contributed by atoms with van der Waals surface area (Å²) in [6.45, 7) is 2.71. The molecule has 0 bridgehead atoms. The molecule has 1 fully saturated rings. The number of alkyl halides is 3. The number of ketones is 1. The zero-order valence-corrected chi connectivity index (χ0v) is 24.5. The molecular formula is C30H28F4N2O6S. The number of sulfone groups is 1. The molecule has 8 nitrogen and oxygen atoms in total. The summed E-state index contributed by atoms with van der Waals surface area (Å²) in [5.74, 6) is -2.14. The molecule has 0 N–H and O–H groups in total. The summed E-state index contributed by atoms with van der Waals surface area (Å²) >= 11 is 0. The number of methoxy groups -OCH3 is 1. The van der Waals surface area contributed by atoms with Crippen LogP contribution in [-0.2, 0) is 45.0 Å². The van der Waals surface area contributed by atoms with Crippen molar-refractivity contribution < 1.29 is 45.1 Å². The Morgan fingerprint density at radius 3 is 2.16 bits per heavy atom. The van der Waals surface area contributed by atoms with E-state index in [-0.39, 0.29) is 30.1 Å². The van der Waals surface area contributed by atoms with Gasteiger partial charge in [0.1, 0.15) is 22.9 Å². The van der Waals surface area contributed by atoms with E-state index in [1.807, 2.05) is 0 Å². The Bertz CT molecular complexity index is 1700. The van der Waals surface area contributed by atoms with Crippen LogP contribution in [0.4, 0.5) is 28.0 Å². The first kappa shape index (κ1) is 31.7. The highest BCUT2D eigenvalue weighted by Crippen LogP contribution is 2.38. The average Bonchev–Trinajstić information content (AvgIpc) is 3.08. The zero-order chi connectivity index (χ0) is 31.9. The second-order valence-corrected chi connectivity index (χ2v) is 12.7. The Hall–Kier alpha value is -4.26. The number of hydrogen-bond donors (Lipinski definition) is 0. The third kappa shape index (κ3) is 6.56. The summed E-state index contributed by atoms with van der Waals surface area (Å²) in [7, 11) is -1.96. The van der Waals surface area contributed by atoms with E-state index in [1.54, 1.807) is 30.3 Å². The molecule has 1 heterocycles. The van der Waals surface area contributed by atoms with Gasteiger partial charge < -0.3 is 9.64 Å². The van der Waals surface area contributed by atoms with Crippen LogP contribution in [0.25, 0.3) is 0 Å². The number of Topliss-reactive ketones (excluding diaryl/α,β-unsaturated/α-hetero) is 1. The van der Waals surface area contributed by atoms with Gasteiger partial charge in [0.15, 0.2) is 9.84 Å². The lowest BCUT2D eigenvalue weighted by molar-refractivity contribution is -0.140. The minimum absolute atomic E-state index is 0.00675. The number of anilines is 1. The number of amides is 3. The summed E-state index contributed by atoms with van der Waals surface area (Å²) in [5.41, 5.74) is -1.95. The van der Waals surface area contributed by atoms with Crippen LogP contribution < -0.4 is 9.64 Å². The van der Waals surface area contributed by atoms with Gasteiger partial charge >= 0.3 is 12.2 Å². The molecule has 228 valence electrons. The first-order valence-electron chi connectivity index (χ1n) is 12.9. The average molecular weight is 621 g/mol. The van der Waals surface area contributed by atoms with Crippen LogP contribution in [0.1, 0.15) is 36.1 Å². The predicted octanol–water partition coefficient (Wildman–Crippen LogP) is 5.36. The van der Waals surface area contributed by atoms with Gasteiger partial charge in [-0.05, 0) is 73.0 Å². The van der Waals surface area contributed by atoms with Gasteiger partial charge in [-0.2, -0.15) is 13.2 Å². The molecule has 4 rings (SSSR count). The lowest BCUT2D eigenvalue weighted by Crippen LogP contribution is -2.43. The van der Waals surface area contributed by atoms with Crippen LogP contribution in [0.3, 0.4) is 0 Å². The fourth-order valence-corrected chi connectivity index (χ4v) is 5.40. The first-order valence-corrected chi connectivity index (χ1v) is 14.8. The van der Waals surface area contributed by atoms with Crippen molar-refractivity contribution in [3.05, 3.63) is 88.7 Å². The maximum Gasteiger partial charge on any atom is 0.419 e. The van der Waals surface area contributed by atoms with Gasteiger partial charge in [-0.1, -0.05) is 18.2 Å². The van der Waals surface area contributed by atoms with Crippen molar-refractivity contribution in [2.75, 3.05) is 18.3 Å². The normalized spacial score (nSPS) is 15.3. The molecule has 3 aromatic rings. The quantitative estimate of drug-likeness (QED) is 0.236. The fraction of sp³-hybridized carbons (Fsp3) is 0.300. The monoisotopic (exact) mass is 620 g/mol. The third-order valence-corrected chi connectivity index (χ3v) is 8.35. The fourth-order valence-electron chi connectivity index (χ4n) is 4.77. The number of hydrogen-bond acceptors (Lipinski definition) is 6. The van der Waals surface area contributed by atoms with Gasteiger partial charge in [-0.3, -0.25) is 9.59 Å². The molecule has 0 radical (unpaired) electrons. The van der Waals surface area contributed by atoms with Crippen molar-refractivity contribution in [1.29, 1.82) is 0 Å². The molecule has 43 heavy (non-hydrogen) atoms. The topological polar surface area (TPSA) is 101 Å². The van der Waals surface area contributed by atoms with Crippen LogP contribution in [-0.4, -0.2) is 49.9 Å². The van der Waals surface area contributed by atoms with E-state index < -0.39 is 50.6 Å². The maximum absolute atomic E-state index is 13.9. The molecule has 0 atom stereocenters. The largest absolute Gasteiger partial charge is 0.497 e. The molecule has 3 amide bonds. The summed E-state index contributed by atoms with van der Waals surface area (Å²) < 4.78 is 82.6. The molecule has 0 aliphatic carbocycles. The number of rotatable bonds is 9. The van der Waals surface area contributed by atoms with Crippen molar-refractivity contribution in [2.24, 2.45) is 0 Å². The molecule has 1 aliphatic rings. The predicted molar refractivity (Wildman–Crippen MR) is 149 cm³/mol. The lowest BCUT2D eigenvalue weighted by Gasteiger charge is -2.28. The number of ether oxygens (including phenoxy) is 1. The van der Waals surface area contributed by atoms with E-state index in [9.17, 15) is 40.4 Å². The van der Waals surface area contributed by atoms with E-state index >= 15 is 0 Å². The molecule has 13 heteroatoms. The van der Waals surface area contributed by atoms with Crippen LogP contribution in [0, 0.1) is 5.82 Å². The number of benzene rings is 3.